The highest BCUT2D eigenvalue weighted by molar-refractivity contribution is 6.31. The molecule has 1 N–H and O–H groups in total. The third-order valence-corrected chi connectivity index (χ3v) is 8.38. The average Bonchev–Trinajstić information content (AvgIpc) is 3.05. The van der Waals surface area contributed by atoms with Gasteiger partial charge in [-0.25, -0.2) is 9.78 Å². The summed E-state index contributed by atoms with van der Waals surface area (Å²) >= 11 is 6.33. The molecule has 4 rings (SSSR count). The predicted molar refractivity (Wildman–Crippen MR) is 186 cm³/mol. The predicted octanol–water partition coefficient (Wildman–Crippen LogP) is 8.44. The lowest BCUT2D eigenvalue weighted by Crippen LogP contribution is -2.36. The summed E-state index contributed by atoms with van der Waals surface area (Å²) in [5.41, 5.74) is 2.62. The maximum atomic E-state index is 13.8. The van der Waals surface area contributed by atoms with E-state index in [4.69, 9.17) is 16.3 Å². The van der Waals surface area contributed by atoms with Gasteiger partial charge < -0.3 is 19.9 Å². The van der Waals surface area contributed by atoms with Crippen LogP contribution in [0.3, 0.4) is 0 Å². The summed E-state index contributed by atoms with van der Waals surface area (Å²) < 4.78 is 46.6. The monoisotopic (exact) mass is 696 g/mol. The van der Waals surface area contributed by atoms with E-state index in [1.807, 2.05) is 19.1 Å². The van der Waals surface area contributed by atoms with E-state index in [9.17, 15) is 22.8 Å². The van der Waals surface area contributed by atoms with Crippen molar-refractivity contribution >= 4 is 41.1 Å². The van der Waals surface area contributed by atoms with E-state index in [0.717, 1.165) is 48.3 Å². The number of aromatic nitrogens is 2. The van der Waals surface area contributed by atoms with Gasteiger partial charge in [0.15, 0.2) is 0 Å². The fraction of sp³-hybridized carbons (Fsp3) is 0.333. The van der Waals surface area contributed by atoms with Crippen molar-refractivity contribution in [2.45, 2.75) is 47.3 Å². The molecule has 0 bridgehead atoms. The Bertz CT molecular complexity index is 1760. The number of rotatable bonds is 12. The number of amides is 2. The van der Waals surface area contributed by atoms with Gasteiger partial charge in [0, 0.05) is 42.6 Å². The molecule has 1 aromatic heterocycles. The lowest BCUT2D eigenvalue weighted by atomic mass is 10.1. The Morgan fingerprint density at radius 3 is 2.18 bits per heavy atom. The highest BCUT2D eigenvalue weighted by atomic mass is 35.5. The van der Waals surface area contributed by atoms with Crippen LogP contribution in [0.1, 0.15) is 52.0 Å². The highest BCUT2D eigenvalue weighted by Gasteiger charge is 2.32. The van der Waals surface area contributed by atoms with Crippen LogP contribution in [0.5, 0.6) is 5.75 Å². The van der Waals surface area contributed by atoms with Gasteiger partial charge in [0.05, 0.1) is 12.1 Å². The van der Waals surface area contributed by atoms with Gasteiger partial charge in [0.2, 0.25) is 5.95 Å². The fourth-order valence-electron chi connectivity index (χ4n) is 5.29. The summed E-state index contributed by atoms with van der Waals surface area (Å²) in [6, 6.07) is 14.9. The maximum absolute atomic E-state index is 13.8. The van der Waals surface area contributed by atoms with E-state index in [0.29, 0.717) is 34.7 Å². The molecule has 0 aliphatic carbocycles. The van der Waals surface area contributed by atoms with Gasteiger partial charge in [0.1, 0.15) is 11.6 Å². The molecule has 9 nitrogen and oxygen atoms in total. The average molecular weight is 697 g/mol. The Morgan fingerprint density at radius 2 is 1.57 bits per heavy atom. The van der Waals surface area contributed by atoms with Gasteiger partial charge in [-0.05, 0) is 99.1 Å². The molecule has 260 valence electrons. The first-order valence-electron chi connectivity index (χ1n) is 15.8. The lowest BCUT2D eigenvalue weighted by molar-refractivity contribution is -0.137. The largest absolute Gasteiger partial charge is 0.421 e. The van der Waals surface area contributed by atoms with Gasteiger partial charge in [-0.3, -0.25) is 9.69 Å². The smallest absolute Gasteiger partial charge is 0.409 e. The minimum Gasteiger partial charge on any atom is -0.409 e. The molecule has 4 aromatic rings. The number of halogens is 4. The second-order valence-electron chi connectivity index (χ2n) is 11.7. The zero-order valence-electron chi connectivity index (χ0n) is 28.4. The molecular weight excluding hydrogens is 657 g/mol. The third-order valence-electron chi connectivity index (χ3n) is 8.01. The number of hydrogen-bond acceptors (Lipinski definition) is 7. The van der Waals surface area contributed by atoms with Crippen molar-refractivity contribution in [3.63, 3.8) is 0 Å². The number of nitrogens with one attached hydrogen (secondary N) is 1. The Kier molecular flexibility index (Phi) is 12.2. The van der Waals surface area contributed by atoms with Gasteiger partial charge in [-0.1, -0.05) is 43.1 Å². The number of alkyl halides is 3. The van der Waals surface area contributed by atoms with Gasteiger partial charge in [-0.2, -0.15) is 18.2 Å². The molecule has 0 aliphatic heterocycles. The molecule has 3 aromatic carbocycles. The number of aryl methyl sites for hydroxylation is 3. The SMILES string of the molecule is CCN(CC)CCN(C)C(=O)c1ccc(Nc2nccc(N(Cc3cc(C(F)(F)F)ccc3Cl)C(=O)Oc3c(C)cc(C)cc3C)n2)cc1. The summed E-state index contributed by atoms with van der Waals surface area (Å²) in [4.78, 5) is 40.5. The minimum absolute atomic E-state index is 0.0363. The Labute approximate surface area is 289 Å². The van der Waals surface area contributed by atoms with E-state index >= 15 is 0 Å². The van der Waals surface area contributed by atoms with Crippen LogP contribution in [0, 0.1) is 20.8 Å². The zero-order chi connectivity index (χ0) is 35.9. The summed E-state index contributed by atoms with van der Waals surface area (Å²) in [6.07, 6.45) is -4.08. The van der Waals surface area contributed by atoms with Crippen LogP contribution in [0.2, 0.25) is 5.02 Å². The van der Waals surface area contributed by atoms with Crippen molar-refractivity contribution in [2.75, 3.05) is 43.4 Å². The molecule has 1 heterocycles. The van der Waals surface area contributed by atoms with Crippen molar-refractivity contribution in [3.05, 3.63) is 105 Å². The van der Waals surface area contributed by atoms with Crippen LogP contribution in [0.25, 0.3) is 0 Å². The van der Waals surface area contributed by atoms with Gasteiger partial charge in [0.25, 0.3) is 5.91 Å². The highest BCUT2D eigenvalue weighted by Crippen LogP contribution is 2.33. The number of carbonyl (C=O) groups is 2. The molecular formula is C36H40ClF3N6O3. The minimum atomic E-state index is -4.62. The first kappa shape index (κ1) is 37.1. The fourth-order valence-corrected chi connectivity index (χ4v) is 5.47. The first-order chi connectivity index (χ1) is 23.2. The number of hydrogen-bond donors (Lipinski definition) is 1. The summed E-state index contributed by atoms with van der Waals surface area (Å²) in [5, 5.41) is 3.10. The Balaban J connectivity index is 1.60. The van der Waals surface area contributed by atoms with Gasteiger partial charge in [-0.15, -0.1) is 0 Å². The Morgan fingerprint density at radius 1 is 0.918 bits per heavy atom. The topological polar surface area (TPSA) is 90.9 Å². The van der Waals surface area contributed by atoms with Crippen LogP contribution in [0.4, 0.5) is 35.4 Å². The summed E-state index contributed by atoms with van der Waals surface area (Å²) in [6.45, 7) is 12.5. The molecule has 2 amide bonds. The first-order valence-corrected chi connectivity index (χ1v) is 16.2. The molecule has 13 heteroatoms. The van der Waals surface area contributed by atoms with Crippen molar-refractivity contribution < 1.29 is 27.5 Å². The number of ether oxygens (including phenoxy) is 1. The van der Waals surface area contributed by atoms with Crippen LogP contribution < -0.4 is 15.0 Å². The lowest BCUT2D eigenvalue weighted by Gasteiger charge is -2.24. The zero-order valence-corrected chi connectivity index (χ0v) is 29.1. The van der Waals surface area contributed by atoms with Crippen molar-refractivity contribution in [1.82, 2.24) is 19.8 Å². The molecule has 0 aliphatic rings. The summed E-state index contributed by atoms with van der Waals surface area (Å²) in [5.74, 6) is 0.374. The molecule has 0 unspecified atom stereocenters. The normalized spacial score (nSPS) is 11.4. The number of likely N-dealkylation sites (N-methyl/N-ethyl adjacent to an activating group) is 2. The molecule has 49 heavy (non-hydrogen) atoms. The number of anilines is 3. The van der Waals surface area contributed by atoms with E-state index in [1.165, 1.54) is 12.3 Å². The number of benzene rings is 3. The molecule has 0 saturated carbocycles. The van der Waals surface area contributed by atoms with Crippen LogP contribution in [-0.2, 0) is 12.7 Å². The van der Waals surface area contributed by atoms with Crippen molar-refractivity contribution in [2.24, 2.45) is 0 Å². The standard InChI is InChI=1S/C36H40ClF3N6O3/c1-7-45(8-2)18-17-44(6)33(47)26-9-12-29(13-10-26)42-34-41-16-15-31(43-34)46(22-27-21-28(36(38,39)40)11-14-30(27)37)35(48)49-32-24(4)19-23(3)20-25(32)5/h9-16,19-21H,7-8,17-18,22H2,1-6H3,(H,41,42,43). The van der Waals surface area contributed by atoms with E-state index in [-0.39, 0.29) is 34.8 Å². The number of carbonyl (C=O) groups excluding carboxylic acids is 2. The number of nitrogens with zero attached hydrogens (tertiary/aromatic N) is 5. The third kappa shape index (κ3) is 9.70. The van der Waals surface area contributed by atoms with E-state index < -0.39 is 17.8 Å². The molecule has 0 spiro atoms. The second kappa shape index (κ2) is 16.1. The molecule has 0 fully saturated rings. The molecule has 0 radical (unpaired) electrons. The van der Waals surface area contributed by atoms with Crippen molar-refractivity contribution in [3.8, 4) is 5.75 Å². The van der Waals surface area contributed by atoms with E-state index in [1.54, 1.807) is 50.1 Å². The molecule has 0 saturated heterocycles. The van der Waals surface area contributed by atoms with Crippen LogP contribution >= 0.6 is 11.6 Å². The summed E-state index contributed by atoms with van der Waals surface area (Å²) in [7, 11) is 1.77. The second-order valence-corrected chi connectivity index (χ2v) is 12.1. The molecule has 0 atom stereocenters. The van der Waals surface area contributed by atoms with Crippen molar-refractivity contribution in [1.29, 1.82) is 0 Å². The van der Waals surface area contributed by atoms with Crippen LogP contribution in [-0.4, -0.2) is 65.0 Å². The van der Waals surface area contributed by atoms with Crippen LogP contribution in [0.15, 0.2) is 66.9 Å². The van der Waals surface area contributed by atoms with E-state index in [2.05, 4.69) is 34.0 Å². The quantitative estimate of drug-likeness (QED) is 0.159. The van der Waals surface area contributed by atoms with Gasteiger partial charge >= 0.3 is 12.3 Å². The Hall–Kier alpha value is -4.68. The maximum Gasteiger partial charge on any atom is 0.421 e.